The van der Waals surface area contributed by atoms with Crippen LogP contribution in [0.1, 0.15) is 10.4 Å². The number of benzene rings is 1. The van der Waals surface area contributed by atoms with Gasteiger partial charge in [0, 0.05) is 18.9 Å². The van der Waals surface area contributed by atoms with Crippen LogP contribution in [-0.2, 0) is 17.1 Å². The molecular weight excluding hydrogens is 286 g/mol. The fraction of sp³-hybridized carbons (Fsp3) is 0.0909. The Balaban J connectivity index is 2.35. The number of phenols is 1. The first kappa shape index (κ1) is 13.9. The molecule has 1 aromatic heterocycles. The second-order valence-corrected chi connectivity index (χ2v) is 5.65. The number of nitrogens with one attached hydrogen (secondary N) is 1. The molecule has 3 N–H and O–H groups in total. The van der Waals surface area contributed by atoms with Crippen LogP contribution in [0.4, 0.5) is 5.69 Å². The van der Waals surface area contributed by atoms with Crippen molar-refractivity contribution >= 4 is 21.7 Å². The van der Waals surface area contributed by atoms with Crippen molar-refractivity contribution < 1.29 is 23.4 Å². The SMILES string of the molecule is Cn1cnc(S(=O)(=O)Nc2ccc(O)c(C(=O)O)c2)c1. The number of carbonyl (C=O) groups is 1. The molecule has 0 atom stereocenters. The van der Waals surface area contributed by atoms with Crippen LogP contribution in [0, 0.1) is 0 Å². The Morgan fingerprint density at radius 2 is 2.10 bits per heavy atom. The van der Waals surface area contributed by atoms with Crippen molar-refractivity contribution in [3.8, 4) is 5.75 Å². The number of carboxylic acid groups (broad SMARTS) is 1. The van der Waals surface area contributed by atoms with Crippen LogP contribution < -0.4 is 4.72 Å². The summed E-state index contributed by atoms with van der Waals surface area (Å²) < 4.78 is 27.6. The van der Waals surface area contributed by atoms with Crippen LogP contribution in [0.2, 0.25) is 0 Å². The zero-order valence-corrected chi connectivity index (χ0v) is 11.1. The third-order valence-electron chi connectivity index (χ3n) is 2.44. The van der Waals surface area contributed by atoms with Crippen molar-refractivity contribution in [1.82, 2.24) is 9.55 Å². The van der Waals surface area contributed by atoms with E-state index in [1.54, 1.807) is 7.05 Å². The number of aromatic hydroxyl groups is 1. The topological polar surface area (TPSA) is 122 Å². The van der Waals surface area contributed by atoms with Crippen LogP contribution in [0.3, 0.4) is 0 Å². The van der Waals surface area contributed by atoms with Gasteiger partial charge in [-0.15, -0.1) is 0 Å². The monoisotopic (exact) mass is 297 g/mol. The van der Waals surface area contributed by atoms with E-state index in [9.17, 15) is 18.3 Å². The Kier molecular flexibility index (Phi) is 3.36. The summed E-state index contributed by atoms with van der Waals surface area (Å²) in [5.74, 6) is -1.81. The lowest BCUT2D eigenvalue weighted by Gasteiger charge is -2.07. The zero-order chi connectivity index (χ0) is 14.9. The van der Waals surface area contributed by atoms with Crippen LogP contribution in [0.15, 0.2) is 35.7 Å². The maximum atomic E-state index is 12.0. The highest BCUT2D eigenvalue weighted by molar-refractivity contribution is 7.92. The number of carboxylic acids is 1. The summed E-state index contributed by atoms with van der Waals surface area (Å²) in [4.78, 5) is 14.6. The zero-order valence-electron chi connectivity index (χ0n) is 10.3. The number of aromatic carboxylic acids is 1. The number of rotatable bonds is 4. The molecule has 0 aliphatic heterocycles. The first-order chi connectivity index (χ1) is 9.29. The van der Waals surface area contributed by atoms with Gasteiger partial charge < -0.3 is 14.8 Å². The highest BCUT2D eigenvalue weighted by Crippen LogP contribution is 2.23. The number of imidazole rings is 1. The van der Waals surface area contributed by atoms with Crippen molar-refractivity contribution in [3.63, 3.8) is 0 Å². The van der Waals surface area contributed by atoms with Crippen LogP contribution in [-0.4, -0.2) is 34.2 Å². The molecule has 8 nitrogen and oxygen atoms in total. The summed E-state index contributed by atoms with van der Waals surface area (Å²) in [5, 5.41) is 18.0. The molecule has 9 heteroatoms. The third-order valence-corrected chi connectivity index (χ3v) is 3.70. The molecule has 2 aromatic rings. The van der Waals surface area contributed by atoms with E-state index < -0.39 is 27.3 Å². The Bertz CT molecular complexity index is 766. The number of aryl methyl sites for hydroxylation is 1. The van der Waals surface area contributed by atoms with Gasteiger partial charge in [-0.3, -0.25) is 4.72 Å². The summed E-state index contributed by atoms with van der Waals surface area (Å²) in [6.07, 6.45) is 2.63. The van der Waals surface area contributed by atoms with Gasteiger partial charge in [0.05, 0.1) is 6.33 Å². The van der Waals surface area contributed by atoms with Gasteiger partial charge in [-0.25, -0.2) is 9.78 Å². The number of anilines is 1. The van der Waals surface area contributed by atoms with Crippen molar-refractivity contribution in [1.29, 1.82) is 0 Å². The minimum atomic E-state index is -3.90. The van der Waals surface area contributed by atoms with E-state index in [2.05, 4.69) is 9.71 Å². The van der Waals surface area contributed by atoms with Crippen molar-refractivity contribution in [3.05, 3.63) is 36.3 Å². The Morgan fingerprint density at radius 1 is 1.40 bits per heavy atom. The minimum Gasteiger partial charge on any atom is -0.507 e. The maximum absolute atomic E-state index is 12.0. The lowest BCUT2D eigenvalue weighted by atomic mass is 10.2. The van der Waals surface area contributed by atoms with Gasteiger partial charge in [0.15, 0.2) is 5.03 Å². The second-order valence-electron chi connectivity index (χ2n) is 4.02. The number of nitrogens with zero attached hydrogens (tertiary/aromatic N) is 2. The van der Waals surface area contributed by atoms with E-state index in [0.717, 1.165) is 12.1 Å². The third kappa shape index (κ3) is 2.72. The number of sulfonamides is 1. The van der Waals surface area contributed by atoms with Gasteiger partial charge >= 0.3 is 5.97 Å². The molecule has 1 heterocycles. The molecule has 1 aromatic carbocycles. The summed E-state index contributed by atoms with van der Waals surface area (Å²) in [6.45, 7) is 0. The van der Waals surface area contributed by atoms with E-state index in [1.165, 1.54) is 23.2 Å². The number of aromatic nitrogens is 2. The molecule has 0 aliphatic carbocycles. The molecule has 20 heavy (non-hydrogen) atoms. The summed E-state index contributed by atoms with van der Waals surface area (Å²) >= 11 is 0. The Labute approximate surface area is 114 Å². The van der Waals surface area contributed by atoms with Gasteiger partial charge in [0.2, 0.25) is 0 Å². The van der Waals surface area contributed by atoms with E-state index >= 15 is 0 Å². The highest BCUT2D eigenvalue weighted by atomic mass is 32.2. The van der Waals surface area contributed by atoms with Gasteiger partial charge in [-0.1, -0.05) is 0 Å². The lowest BCUT2D eigenvalue weighted by Crippen LogP contribution is -2.13. The highest BCUT2D eigenvalue weighted by Gasteiger charge is 2.18. The first-order valence-electron chi connectivity index (χ1n) is 5.37. The second kappa shape index (κ2) is 4.85. The average molecular weight is 297 g/mol. The summed E-state index contributed by atoms with van der Waals surface area (Å²) in [6, 6.07) is 3.38. The van der Waals surface area contributed by atoms with Gasteiger partial charge in [-0.2, -0.15) is 8.42 Å². The fourth-order valence-corrected chi connectivity index (χ4v) is 2.54. The molecule has 0 saturated heterocycles. The smallest absolute Gasteiger partial charge is 0.339 e. The predicted octanol–water partition coefficient (Wildman–Crippen LogP) is 0.625. The molecule has 106 valence electrons. The maximum Gasteiger partial charge on any atom is 0.339 e. The molecule has 0 aliphatic rings. The molecule has 0 amide bonds. The molecule has 0 fully saturated rings. The molecule has 2 rings (SSSR count). The van der Waals surface area contributed by atoms with E-state index in [0.29, 0.717) is 0 Å². The van der Waals surface area contributed by atoms with Crippen molar-refractivity contribution in [2.24, 2.45) is 7.05 Å². The summed E-state index contributed by atoms with van der Waals surface area (Å²) in [5.41, 5.74) is -0.378. The van der Waals surface area contributed by atoms with Crippen LogP contribution >= 0.6 is 0 Å². The van der Waals surface area contributed by atoms with E-state index in [1.807, 2.05) is 0 Å². The van der Waals surface area contributed by atoms with E-state index in [4.69, 9.17) is 5.11 Å². The van der Waals surface area contributed by atoms with Gasteiger partial charge in [0.25, 0.3) is 10.0 Å². The minimum absolute atomic E-state index is 0.0193. The van der Waals surface area contributed by atoms with Crippen molar-refractivity contribution in [2.45, 2.75) is 5.03 Å². The Morgan fingerprint density at radius 3 is 2.65 bits per heavy atom. The van der Waals surface area contributed by atoms with Gasteiger partial charge in [0.1, 0.15) is 11.3 Å². The standard InChI is InChI=1S/C11H11N3O5S/c1-14-5-10(12-6-14)20(18,19)13-7-2-3-9(15)8(4-7)11(16)17/h2-6,13,15H,1H3,(H,16,17). The molecule has 0 unspecified atom stereocenters. The normalized spacial score (nSPS) is 11.2. The first-order valence-corrected chi connectivity index (χ1v) is 6.85. The molecule has 0 bridgehead atoms. The lowest BCUT2D eigenvalue weighted by molar-refractivity contribution is 0.0694. The number of hydrogen-bond acceptors (Lipinski definition) is 5. The van der Waals surface area contributed by atoms with Crippen LogP contribution in [0.25, 0.3) is 0 Å². The Hall–Kier alpha value is -2.55. The number of hydrogen-bond donors (Lipinski definition) is 3. The van der Waals surface area contributed by atoms with E-state index in [-0.39, 0.29) is 10.7 Å². The molecular formula is C11H11N3O5S. The molecule has 0 saturated carbocycles. The van der Waals surface area contributed by atoms with Gasteiger partial charge in [-0.05, 0) is 18.2 Å². The predicted molar refractivity (Wildman–Crippen MR) is 69.1 cm³/mol. The fourth-order valence-electron chi connectivity index (χ4n) is 1.51. The molecule has 0 radical (unpaired) electrons. The van der Waals surface area contributed by atoms with Crippen molar-refractivity contribution in [2.75, 3.05) is 4.72 Å². The van der Waals surface area contributed by atoms with Crippen LogP contribution in [0.5, 0.6) is 5.75 Å². The average Bonchev–Trinajstić information content (AvgIpc) is 2.78. The largest absolute Gasteiger partial charge is 0.507 e. The summed E-state index contributed by atoms with van der Waals surface area (Å²) in [7, 11) is -2.28. The molecule has 0 spiro atoms. The quantitative estimate of drug-likeness (QED) is 0.711.